The smallest absolute Gasteiger partial charge is 0.265 e. The van der Waals surface area contributed by atoms with E-state index >= 15 is 0 Å². The first kappa shape index (κ1) is 22.4. The highest BCUT2D eigenvalue weighted by Gasteiger charge is 2.24. The minimum atomic E-state index is -0.780. The van der Waals surface area contributed by atoms with Gasteiger partial charge in [0.25, 0.3) is 5.91 Å². The molecule has 1 unspecified atom stereocenters. The molecule has 6 heteroatoms. The highest BCUT2D eigenvalue weighted by atomic mass is 16.5. The second kappa shape index (κ2) is 11.2. The number of nitrogens with zero attached hydrogens (tertiary/aromatic N) is 2. The normalized spacial score (nSPS) is 14.4. The summed E-state index contributed by atoms with van der Waals surface area (Å²) < 4.78 is 5.98. The van der Waals surface area contributed by atoms with Crippen LogP contribution >= 0.6 is 0 Å². The molecule has 0 aromatic heterocycles. The lowest BCUT2D eigenvalue weighted by Gasteiger charge is -2.36. The third-order valence-electron chi connectivity index (χ3n) is 5.73. The topological polar surface area (TPSA) is 61.9 Å². The Morgan fingerprint density at radius 2 is 1.36 bits per heavy atom. The quantitative estimate of drug-likeness (QED) is 0.577. The van der Waals surface area contributed by atoms with Crippen molar-refractivity contribution >= 4 is 17.5 Å². The second-order valence-electron chi connectivity index (χ2n) is 7.97. The Morgan fingerprint density at radius 1 is 0.788 bits per heavy atom. The van der Waals surface area contributed by atoms with Gasteiger partial charge in [0.05, 0.1) is 0 Å². The number of hydrogen-bond donors (Lipinski definition) is 1. The van der Waals surface area contributed by atoms with Crippen molar-refractivity contribution in [3.63, 3.8) is 0 Å². The number of piperazine rings is 1. The van der Waals surface area contributed by atoms with Crippen molar-refractivity contribution in [3.8, 4) is 5.75 Å². The van der Waals surface area contributed by atoms with Crippen LogP contribution in [0.1, 0.15) is 18.1 Å². The van der Waals surface area contributed by atoms with E-state index in [1.807, 2.05) is 83.8 Å². The van der Waals surface area contributed by atoms with Crippen LogP contribution in [0.4, 0.5) is 5.69 Å². The van der Waals surface area contributed by atoms with Crippen molar-refractivity contribution in [2.75, 3.05) is 37.6 Å². The molecule has 1 fully saturated rings. The van der Waals surface area contributed by atoms with Gasteiger partial charge >= 0.3 is 0 Å². The molecule has 0 radical (unpaired) electrons. The third kappa shape index (κ3) is 6.13. The first-order valence-electron chi connectivity index (χ1n) is 11.3. The number of anilines is 1. The summed E-state index contributed by atoms with van der Waals surface area (Å²) in [5.74, 6) is 0.420. The van der Waals surface area contributed by atoms with Crippen LogP contribution in [0.5, 0.6) is 5.75 Å². The molecular formula is C27H29N3O3. The molecule has 1 aliphatic rings. The largest absolute Gasteiger partial charge is 0.476 e. The summed E-state index contributed by atoms with van der Waals surface area (Å²) in [6, 6.07) is 28.9. The van der Waals surface area contributed by atoms with Crippen molar-refractivity contribution in [3.05, 3.63) is 96.6 Å². The van der Waals surface area contributed by atoms with Crippen molar-refractivity contribution in [2.45, 2.75) is 12.5 Å². The summed E-state index contributed by atoms with van der Waals surface area (Å²) in [6.45, 7) is 3.27. The number of ether oxygens (including phenoxy) is 1. The fourth-order valence-corrected chi connectivity index (χ4v) is 3.93. The highest BCUT2D eigenvalue weighted by Crippen LogP contribution is 2.22. The number of carbonyl (C=O) groups is 2. The standard InChI is InChI=1S/C27H29N3O3/c31-25(30-20-18-29(19-21-30)23-12-6-2-7-13-23)16-17-28-27(32)26(22-10-4-1-5-11-22)33-24-14-8-3-9-15-24/h1-15,26H,16-21H2,(H,28,32). The highest BCUT2D eigenvalue weighted by molar-refractivity contribution is 5.83. The Hall–Kier alpha value is -3.80. The van der Waals surface area contributed by atoms with Crippen LogP contribution in [0.3, 0.4) is 0 Å². The molecule has 0 spiro atoms. The van der Waals surface area contributed by atoms with Gasteiger partial charge in [-0.2, -0.15) is 0 Å². The molecule has 0 bridgehead atoms. The number of rotatable bonds is 8. The van der Waals surface area contributed by atoms with Gasteiger partial charge in [-0.1, -0.05) is 66.7 Å². The Kier molecular flexibility index (Phi) is 7.59. The summed E-state index contributed by atoms with van der Waals surface area (Å²) in [6.07, 6.45) is -0.512. The first-order valence-corrected chi connectivity index (χ1v) is 11.3. The van der Waals surface area contributed by atoms with E-state index in [4.69, 9.17) is 4.74 Å². The second-order valence-corrected chi connectivity index (χ2v) is 7.97. The summed E-state index contributed by atoms with van der Waals surface area (Å²) in [7, 11) is 0. The van der Waals surface area contributed by atoms with Crippen molar-refractivity contribution in [1.82, 2.24) is 10.2 Å². The zero-order chi connectivity index (χ0) is 22.9. The van der Waals surface area contributed by atoms with Gasteiger partial charge in [-0.05, 0) is 24.3 Å². The molecule has 170 valence electrons. The summed E-state index contributed by atoms with van der Waals surface area (Å²) >= 11 is 0. The van der Waals surface area contributed by atoms with Crippen molar-refractivity contribution < 1.29 is 14.3 Å². The third-order valence-corrected chi connectivity index (χ3v) is 5.73. The molecule has 1 heterocycles. The van der Waals surface area contributed by atoms with Crippen LogP contribution in [-0.4, -0.2) is 49.4 Å². The molecule has 1 atom stereocenters. The Morgan fingerprint density at radius 3 is 2.00 bits per heavy atom. The average Bonchev–Trinajstić information content (AvgIpc) is 2.89. The fraction of sp³-hybridized carbons (Fsp3) is 0.259. The Bertz CT molecular complexity index is 1020. The fourth-order valence-electron chi connectivity index (χ4n) is 3.93. The van der Waals surface area contributed by atoms with E-state index in [2.05, 4.69) is 22.3 Å². The number of hydrogen-bond acceptors (Lipinski definition) is 4. The van der Waals surface area contributed by atoms with E-state index < -0.39 is 6.10 Å². The van der Waals surface area contributed by atoms with E-state index in [0.29, 0.717) is 18.8 Å². The van der Waals surface area contributed by atoms with Crippen molar-refractivity contribution in [2.24, 2.45) is 0 Å². The maximum absolute atomic E-state index is 12.9. The van der Waals surface area contributed by atoms with Gasteiger partial charge in [-0.3, -0.25) is 9.59 Å². The number of carbonyl (C=O) groups excluding carboxylic acids is 2. The molecule has 0 saturated carbocycles. The predicted molar refractivity (Wildman–Crippen MR) is 129 cm³/mol. The summed E-state index contributed by atoms with van der Waals surface area (Å²) in [5, 5.41) is 2.88. The first-order chi connectivity index (χ1) is 16.2. The van der Waals surface area contributed by atoms with Crippen LogP contribution in [-0.2, 0) is 9.59 Å². The molecule has 0 aliphatic carbocycles. The number of amides is 2. The number of nitrogens with one attached hydrogen (secondary N) is 1. The molecule has 1 saturated heterocycles. The minimum absolute atomic E-state index is 0.0586. The molecule has 33 heavy (non-hydrogen) atoms. The minimum Gasteiger partial charge on any atom is -0.476 e. The van der Waals surface area contributed by atoms with Gasteiger partial charge in [0.15, 0.2) is 0 Å². The van der Waals surface area contributed by atoms with Gasteiger partial charge in [0.2, 0.25) is 12.0 Å². The summed E-state index contributed by atoms with van der Waals surface area (Å²) in [5.41, 5.74) is 1.95. The Labute approximate surface area is 194 Å². The van der Waals surface area contributed by atoms with Crippen LogP contribution in [0.2, 0.25) is 0 Å². The van der Waals surface area contributed by atoms with Gasteiger partial charge < -0.3 is 19.9 Å². The van der Waals surface area contributed by atoms with Gasteiger partial charge in [0.1, 0.15) is 5.75 Å². The van der Waals surface area contributed by atoms with Gasteiger partial charge in [0, 0.05) is 50.4 Å². The van der Waals surface area contributed by atoms with E-state index in [9.17, 15) is 9.59 Å². The van der Waals surface area contributed by atoms with Gasteiger partial charge in [-0.25, -0.2) is 0 Å². The van der Waals surface area contributed by atoms with Crippen LogP contribution in [0.25, 0.3) is 0 Å². The average molecular weight is 444 g/mol. The van der Waals surface area contributed by atoms with E-state index in [1.165, 1.54) is 5.69 Å². The Balaban J connectivity index is 1.27. The lowest BCUT2D eigenvalue weighted by molar-refractivity contribution is -0.132. The molecule has 2 amide bonds. The molecule has 4 rings (SSSR count). The molecule has 1 aliphatic heterocycles. The van der Waals surface area contributed by atoms with Crippen LogP contribution in [0.15, 0.2) is 91.0 Å². The summed E-state index contributed by atoms with van der Waals surface area (Å²) in [4.78, 5) is 29.8. The van der Waals surface area contributed by atoms with Crippen LogP contribution in [0, 0.1) is 0 Å². The predicted octanol–water partition coefficient (Wildman–Crippen LogP) is 3.66. The van der Waals surface area contributed by atoms with Crippen LogP contribution < -0.4 is 15.0 Å². The maximum atomic E-state index is 12.9. The molecule has 6 nitrogen and oxygen atoms in total. The van der Waals surface area contributed by atoms with E-state index in [-0.39, 0.29) is 24.8 Å². The zero-order valence-electron chi connectivity index (χ0n) is 18.6. The zero-order valence-corrected chi connectivity index (χ0v) is 18.6. The molecule has 3 aromatic carbocycles. The number of para-hydroxylation sites is 2. The van der Waals surface area contributed by atoms with E-state index in [0.717, 1.165) is 18.7 Å². The lowest BCUT2D eigenvalue weighted by Crippen LogP contribution is -2.49. The SMILES string of the molecule is O=C(NCCC(=O)N1CCN(c2ccccc2)CC1)C(Oc1ccccc1)c1ccccc1. The molecular weight excluding hydrogens is 414 g/mol. The van der Waals surface area contributed by atoms with E-state index in [1.54, 1.807) is 0 Å². The molecule has 3 aromatic rings. The van der Waals surface area contributed by atoms with Crippen molar-refractivity contribution in [1.29, 1.82) is 0 Å². The number of benzene rings is 3. The molecule has 1 N–H and O–H groups in total. The maximum Gasteiger partial charge on any atom is 0.265 e. The lowest BCUT2D eigenvalue weighted by atomic mass is 10.1. The monoisotopic (exact) mass is 443 g/mol. The van der Waals surface area contributed by atoms with Gasteiger partial charge in [-0.15, -0.1) is 0 Å².